The van der Waals surface area contributed by atoms with Gasteiger partial charge in [0.15, 0.2) is 0 Å². The summed E-state index contributed by atoms with van der Waals surface area (Å²) in [6.07, 6.45) is 2.74. The average Bonchev–Trinajstić information content (AvgIpc) is 2.26. The first-order chi connectivity index (χ1) is 7.02. The summed E-state index contributed by atoms with van der Waals surface area (Å²) in [6, 6.07) is 0. The van der Waals surface area contributed by atoms with Crippen molar-refractivity contribution in [2.24, 2.45) is 11.8 Å². The lowest BCUT2D eigenvalue weighted by Crippen LogP contribution is -2.21. The van der Waals surface area contributed by atoms with Gasteiger partial charge in [-0.2, -0.15) is 0 Å². The molecule has 4 unspecified atom stereocenters. The molecule has 4 atom stereocenters. The van der Waals surface area contributed by atoms with Crippen LogP contribution < -0.4 is 0 Å². The molecule has 0 spiro atoms. The molecule has 1 radical (unpaired) electrons. The predicted octanol–water partition coefficient (Wildman–Crippen LogP) is 4.01. The molecular formula is C13H27O2. The van der Waals surface area contributed by atoms with Crippen LogP contribution in [0.2, 0.25) is 0 Å². The van der Waals surface area contributed by atoms with Gasteiger partial charge in [-0.3, -0.25) is 0 Å². The van der Waals surface area contributed by atoms with Gasteiger partial charge in [0, 0.05) is 0 Å². The van der Waals surface area contributed by atoms with Crippen molar-refractivity contribution in [3.8, 4) is 0 Å². The van der Waals surface area contributed by atoms with Crippen LogP contribution in [-0.4, -0.2) is 12.2 Å². The Bertz CT molecular complexity index is 131. The first kappa shape index (κ1) is 14.9. The van der Waals surface area contributed by atoms with Crippen molar-refractivity contribution >= 4 is 0 Å². The molecular weight excluding hydrogens is 188 g/mol. The summed E-state index contributed by atoms with van der Waals surface area (Å²) < 4.78 is 11.0. The first-order valence-electron chi connectivity index (χ1n) is 6.15. The maximum Gasteiger partial charge on any atom is 0.209 e. The zero-order valence-electron chi connectivity index (χ0n) is 11.1. The summed E-state index contributed by atoms with van der Waals surface area (Å²) in [5.41, 5.74) is 0. The first-order valence-corrected chi connectivity index (χ1v) is 6.15. The van der Waals surface area contributed by atoms with E-state index in [4.69, 9.17) is 9.47 Å². The highest BCUT2D eigenvalue weighted by atomic mass is 16.7. The van der Waals surface area contributed by atoms with Crippen LogP contribution >= 0.6 is 0 Å². The van der Waals surface area contributed by atoms with E-state index >= 15 is 0 Å². The summed E-state index contributed by atoms with van der Waals surface area (Å²) in [5.74, 6) is 1.15. The van der Waals surface area contributed by atoms with Crippen LogP contribution in [0.25, 0.3) is 0 Å². The second kappa shape index (κ2) is 8.12. The Morgan fingerprint density at radius 2 is 1.13 bits per heavy atom. The molecule has 0 heterocycles. The summed E-state index contributed by atoms with van der Waals surface area (Å²) >= 11 is 0. The Morgan fingerprint density at radius 1 is 0.800 bits per heavy atom. The van der Waals surface area contributed by atoms with Gasteiger partial charge in [-0.05, 0) is 25.7 Å². The summed E-state index contributed by atoms with van der Waals surface area (Å²) in [7, 11) is 0. The standard InChI is InChI=1S/C13H27O2/c1-7-10(3)12(5)14-9-15-13(6)11(4)8-2/h9-13H,7-8H2,1-6H3. The molecule has 0 amide bonds. The van der Waals surface area contributed by atoms with Gasteiger partial charge in [0.2, 0.25) is 6.79 Å². The minimum absolute atomic E-state index is 0.235. The number of rotatable bonds is 8. The molecule has 0 aliphatic rings. The average molecular weight is 215 g/mol. The molecule has 15 heavy (non-hydrogen) atoms. The van der Waals surface area contributed by atoms with Crippen LogP contribution in [0.4, 0.5) is 0 Å². The van der Waals surface area contributed by atoms with Crippen LogP contribution in [0.1, 0.15) is 54.4 Å². The van der Waals surface area contributed by atoms with E-state index in [0.717, 1.165) is 12.8 Å². The largest absolute Gasteiger partial charge is 0.345 e. The Kier molecular flexibility index (Phi) is 8.07. The van der Waals surface area contributed by atoms with E-state index in [2.05, 4.69) is 41.5 Å². The molecule has 0 aromatic heterocycles. The fraction of sp³-hybridized carbons (Fsp3) is 0.923. The Labute approximate surface area is 95.3 Å². The molecule has 2 heteroatoms. The van der Waals surface area contributed by atoms with Crippen molar-refractivity contribution in [1.29, 1.82) is 0 Å². The monoisotopic (exact) mass is 215 g/mol. The van der Waals surface area contributed by atoms with E-state index in [0.29, 0.717) is 11.8 Å². The number of hydrogen-bond acceptors (Lipinski definition) is 2. The van der Waals surface area contributed by atoms with E-state index in [-0.39, 0.29) is 12.2 Å². The predicted molar refractivity (Wildman–Crippen MR) is 64.3 cm³/mol. The van der Waals surface area contributed by atoms with E-state index in [9.17, 15) is 0 Å². The Balaban J connectivity index is 3.60. The molecule has 0 aromatic rings. The highest BCUT2D eigenvalue weighted by molar-refractivity contribution is 4.62. The van der Waals surface area contributed by atoms with Gasteiger partial charge in [-0.25, -0.2) is 0 Å². The summed E-state index contributed by atoms with van der Waals surface area (Å²) in [4.78, 5) is 0. The minimum atomic E-state index is 0.235. The lowest BCUT2D eigenvalue weighted by molar-refractivity contribution is -0.0698. The number of ether oxygens (including phenoxy) is 2. The molecule has 0 saturated heterocycles. The van der Waals surface area contributed by atoms with Gasteiger partial charge in [0.25, 0.3) is 0 Å². The molecule has 0 N–H and O–H groups in total. The van der Waals surface area contributed by atoms with Gasteiger partial charge in [0.1, 0.15) is 0 Å². The SMILES string of the molecule is CCC(C)C(C)O[CH]OC(C)C(C)CC. The molecule has 0 rings (SSSR count). The summed E-state index contributed by atoms with van der Waals surface area (Å²) in [5, 5.41) is 0. The van der Waals surface area contributed by atoms with Gasteiger partial charge >= 0.3 is 0 Å². The fourth-order valence-corrected chi connectivity index (χ4v) is 1.14. The quantitative estimate of drug-likeness (QED) is 0.609. The molecule has 0 fully saturated rings. The molecule has 0 saturated carbocycles. The van der Waals surface area contributed by atoms with Crippen LogP contribution in [0.3, 0.4) is 0 Å². The van der Waals surface area contributed by atoms with Gasteiger partial charge in [-0.15, -0.1) is 0 Å². The maximum atomic E-state index is 5.51. The highest BCUT2D eigenvalue weighted by Crippen LogP contribution is 2.15. The van der Waals surface area contributed by atoms with E-state index < -0.39 is 0 Å². The third-order valence-electron chi connectivity index (χ3n) is 3.43. The normalized spacial score (nSPS) is 19.6. The van der Waals surface area contributed by atoms with Crippen molar-refractivity contribution in [2.45, 2.75) is 66.6 Å². The Hall–Kier alpha value is -0.0800. The topological polar surface area (TPSA) is 18.5 Å². The smallest absolute Gasteiger partial charge is 0.209 e. The van der Waals surface area contributed by atoms with Crippen molar-refractivity contribution in [2.75, 3.05) is 0 Å². The fourth-order valence-electron chi connectivity index (χ4n) is 1.14. The highest BCUT2D eigenvalue weighted by Gasteiger charge is 2.14. The Morgan fingerprint density at radius 3 is 1.40 bits per heavy atom. The van der Waals surface area contributed by atoms with Crippen molar-refractivity contribution in [1.82, 2.24) is 0 Å². The van der Waals surface area contributed by atoms with Crippen molar-refractivity contribution in [3.63, 3.8) is 0 Å². The van der Waals surface area contributed by atoms with Crippen LogP contribution in [0, 0.1) is 18.6 Å². The summed E-state index contributed by atoms with van der Waals surface area (Å²) in [6.45, 7) is 14.4. The number of hydrogen-bond donors (Lipinski definition) is 0. The van der Waals surface area contributed by atoms with E-state index in [1.807, 2.05) is 0 Å². The maximum absolute atomic E-state index is 5.51. The van der Waals surface area contributed by atoms with E-state index in [1.165, 1.54) is 6.79 Å². The van der Waals surface area contributed by atoms with Crippen molar-refractivity contribution < 1.29 is 9.47 Å². The van der Waals surface area contributed by atoms with E-state index in [1.54, 1.807) is 0 Å². The van der Waals surface area contributed by atoms with Crippen molar-refractivity contribution in [3.05, 3.63) is 6.79 Å². The molecule has 0 aromatic carbocycles. The van der Waals surface area contributed by atoms with Gasteiger partial charge in [0.05, 0.1) is 12.2 Å². The van der Waals surface area contributed by atoms with Crippen LogP contribution in [0.5, 0.6) is 0 Å². The third-order valence-corrected chi connectivity index (χ3v) is 3.43. The lowest BCUT2D eigenvalue weighted by atomic mass is 10.0. The molecule has 0 bridgehead atoms. The second-order valence-corrected chi connectivity index (χ2v) is 4.55. The zero-order valence-corrected chi connectivity index (χ0v) is 11.1. The zero-order chi connectivity index (χ0) is 11.8. The van der Waals surface area contributed by atoms with Gasteiger partial charge in [-0.1, -0.05) is 40.5 Å². The lowest BCUT2D eigenvalue weighted by Gasteiger charge is -2.22. The van der Waals surface area contributed by atoms with Crippen LogP contribution in [0.15, 0.2) is 0 Å². The molecule has 0 aliphatic carbocycles. The molecule has 2 nitrogen and oxygen atoms in total. The second-order valence-electron chi connectivity index (χ2n) is 4.55. The van der Waals surface area contributed by atoms with Gasteiger partial charge < -0.3 is 9.47 Å². The molecule has 0 aliphatic heterocycles. The third kappa shape index (κ3) is 6.16. The molecule has 91 valence electrons. The minimum Gasteiger partial charge on any atom is -0.345 e. The van der Waals surface area contributed by atoms with Crippen LogP contribution in [-0.2, 0) is 9.47 Å².